The lowest BCUT2D eigenvalue weighted by molar-refractivity contribution is -0.142. The van der Waals surface area contributed by atoms with Crippen LogP contribution in [0, 0.1) is 0 Å². The third-order valence-electron chi connectivity index (χ3n) is 2.22. The molecule has 0 saturated heterocycles. The number of carbonyl (C=O) groups is 2. The van der Waals surface area contributed by atoms with Gasteiger partial charge in [-0.3, -0.25) is 0 Å². The SMILES string of the molecule is CC(=O)O/N=C1/C(c2ccccc2)=NO/C1=N/OC(C)=O. The van der Waals surface area contributed by atoms with E-state index in [0.29, 0.717) is 11.3 Å². The van der Waals surface area contributed by atoms with Crippen LogP contribution in [0.5, 0.6) is 0 Å². The molecule has 0 N–H and O–H groups in total. The quantitative estimate of drug-likeness (QED) is 0.615. The fraction of sp³-hybridized carbons (Fsp3) is 0.154. The van der Waals surface area contributed by atoms with E-state index in [1.54, 1.807) is 24.3 Å². The standard InChI is InChI=1S/C13H11N3O5/c1-8(17)19-15-12-11(10-6-4-3-5-7-10)14-21-13(12)16-20-9(2)18/h3-7H,1-2H3/b15-12-,16-13+. The maximum atomic E-state index is 10.9. The number of nitrogens with zero attached hydrogens (tertiary/aromatic N) is 3. The monoisotopic (exact) mass is 289 g/mol. The molecule has 1 aliphatic heterocycles. The molecule has 0 aliphatic carbocycles. The molecule has 0 amide bonds. The van der Waals surface area contributed by atoms with Gasteiger partial charge in [-0.2, -0.15) is 0 Å². The van der Waals surface area contributed by atoms with Crippen LogP contribution in [-0.2, 0) is 24.1 Å². The van der Waals surface area contributed by atoms with E-state index < -0.39 is 11.9 Å². The maximum Gasteiger partial charge on any atom is 0.332 e. The number of carbonyl (C=O) groups excluding carboxylic acids is 2. The van der Waals surface area contributed by atoms with Gasteiger partial charge in [-0.1, -0.05) is 40.6 Å². The first-order valence-corrected chi connectivity index (χ1v) is 5.90. The van der Waals surface area contributed by atoms with Gasteiger partial charge in [0.1, 0.15) is 5.71 Å². The second kappa shape index (κ2) is 6.42. The lowest BCUT2D eigenvalue weighted by atomic mass is 10.1. The van der Waals surface area contributed by atoms with Crippen LogP contribution in [0.3, 0.4) is 0 Å². The number of benzene rings is 1. The van der Waals surface area contributed by atoms with Gasteiger partial charge in [-0.15, -0.1) is 0 Å². The Labute approximate surface area is 119 Å². The molecule has 0 fully saturated rings. The minimum absolute atomic E-state index is 0.0534. The zero-order chi connectivity index (χ0) is 15.2. The van der Waals surface area contributed by atoms with E-state index in [1.165, 1.54) is 13.8 Å². The van der Waals surface area contributed by atoms with Crippen molar-refractivity contribution in [2.24, 2.45) is 15.5 Å². The maximum absolute atomic E-state index is 10.9. The summed E-state index contributed by atoms with van der Waals surface area (Å²) in [6, 6.07) is 8.95. The first kappa shape index (κ1) is 14.4. The Balaban J connectivity index is 2.33. The number of hydrogen-bond acceptors (Lipinski definition) is 8. The first-order chi connectivity index (χ1) is 10.1. The van der Waals surface area contributed by atoms with Gasteiger partial charge in [0.15, 0.2) is 0 Å². The van der Waals surface area contributed by atoms with Crippen LogP contribution in [0.1, 0.15) is 19.4 Å². The fourth-order valence-electron chi connectivity index (χ4n) is 1.42. The highest BCUT2D eigenvalue weighted by Gasteiger charge is 2.29. The zero-order valence-corrected chi connectivity index (χ0v) is 11.3. The van der Waals surface area contributed by atoms with E-state index in [4.69, 9.17) is 4.84 Å². The molecule has 0 bridgehead atoms. The van der Waals surface area contributed by atoms with Gasteiger partial charge in [0.25, 0.3) is 0 Å². The van der Waals surface area contributed by atoms with Crippen molar-refractivity contribution in [2.75, 3.05) is 0 Å². The molecule has 0 atom stereocenters. The van der Waals surface area contributed by atoms with E-state index in [-0.39, 0.29) is 11.6 Å². The molecule has 0 unspecified atom stereocenters. The molecule has 0 saturated carbocycles. The molecule has 0 spiro atoms. The Hall–Kier alpha value is -3.03. The van der Waals surface area contributed by atoms with Gasteiger partial charge in [0.2, 0.25) is 5.71 Å². The Bertz CT molecular complexity index is 649. The van der Waals surface area contributed by atoms with E-state index in [1.807, 2.05) is 6.07 Å². The predicted molar refractivity (Wildman–Crippen MR) is 72.5 cm³/mol. The minimum Gasteiger partial charge on any atom is -0.330 e. The molecule has 1 aromatic carbocycles. The summed E-state index contributed by atoms with van der Waals surface area (Å²) in [5.74, 6) is -1.43. The van der Waals surface area contributed by atoms with Crippen molar-refractivity contribution in [1.82, 2.24) is 0 Å². The van der Waals surface area contributed by atoms with Gasteiger partial charge >= 0.3 is 17.8 Å². The molecule has 8 nitrogen and oxygen atoms in total. The summed E-state index contributed by atoms with van der Waals surface area (Å²) in [5, 5.41) is 10.9. The Kier molecular flexibility index (Phi) is 4.39. The molecule has 1 aliphatic rings. The summed E-state index contributed by atoms with van der Waals surface area (Å²) in [5.41, 5.74) is 1.04. The van der Waals surface area contributed by atoms with Crippen molar-refractivity contribution < 1.29 is 24.1 Å². The number of oxime groups is 3. The second-order valence-corrected chi connectivity index (χ2v) is 3.90. The van der Waals surface area contributed by atoms with Gasteiger partial charge in [-0.05, 0) is 5.16 Å². The van der Waals surface area contributed by atoms with Crippen molar-refractivity contribution in [3.63, 3.8) is 0 Å². The third-order valence-corrected chi connectivity index (χ3v) is 2.22. The van der Waals surface area contributed by atoms with Gasteiger partial charge in [-0.25, -0.2) is 9.59 Å². The van der Waals surface area contributed by atoms with Crippen LogP contribution < -0.4 is 0 Å². The van der Waals surface area contributed by atoms with Crippen molar-refractivity contribution in [2.45, 2.75) is 13.8 Å². The Morgan fingerprint density at radius 3 is 2.29 bits per heavy atom. The summed E-state index contributed by atoms with van der Waals surface area (Å²) in [6.45, 7) is 2.38. The van der Waals surface area contributed by atoms with Crippen LogP contribution in [-0.4, -0.2) is 29.3 Å². The predicted octanol–water partition coefficient (Wildman–Crippen LogP) is 1.22. The molecule has 21 heavy (non-hydrogen) atoms. The van der Waals surface area contributed by atoms with E-state index in [9.17, 15) is 9.59 Å². The van der Waals surface area contributed by atoms with Crippen molar-refractivity contribution in [3.8, 4) is 0 Å². The highest BCUT2D eigenvalue weighted by atomic mass is 16.7. The molecule has 0 radical (unpaired) electrons. The summed E-state index contributed by atoms with van der Waals surface area (Å²) in [4.78, 5) is 35.7. The molecule has 8 heteroatoms. The van der Waals surface area contributed by atoms with Crippen LogP contribution in [0.4, 0.5) is 0 Å². The average Bonchev–Trinajstić information content (AvgIpc) is 2.86. The molecule has 2 rings (SSSR count). The smallest absolute Gasteiger partial charge is 0.330 e. The normalized spacial score (nSPS) is 17.3. The second-order valence-electron chi connectivity index (χ2n) is 3.90. The van der Waals surface area contributed by atoms with E-state index >= 15 is 0 Å². The van der Waals surface area contributed by atoms with Gasteiger partial charge < -0.3 is 14.5 Å². The van der Waals surface area contributed by atoms with Crippen molar-refractivity contribution >= 4 is 29.3 Å². The summed E-state index contributed by atoms with van der Waals surface area (Å²) in [7, 11) is 0. The largest absolute Gasteiger partial charge is 0.332 e. The summed E-state index contributed by atoms with van der Waals surface area (Å²) >= 11 is 0. The van der Waals surface area contributed by atoms with Crippen LogP contribution in [0.25, 0.3) is 0 Å². The lowest BCUT2D eigenvalue weighted by Gasteiger charge is -2.00. The lowest BCUT2D eigenvalue weighted by Crippen LogP contribution is -2.21. The van der Waals surface area contributed by atoms with Crippen LogP contribution in [0.2, 0.25) is 0 Å². The molecule has 1 heterocycles. The highest BCUT2D eigenvalue weighted by molar-refractivity contribution is 6.71. The van der Waals surface area contributed by atoms with Crippen LogP contribution in [0.15, 0.2) is 45.8 Å². The van der Waals surface area contributed by atoms with Crippen molar-refractivity contribution in [1.29, 1.82) is 0 Å². The highest BCUT2D eigenvalue weighted by Crippen LogP contribution is 2.12. The first-order valence-electron chi connectivity index (χ1n) is 5.90. The molecule has 1 aromatic rings. The number of rotatable bonds is 3. The minimum atomic E-state index is -0.633. The van der Waals surface area contributed by atoms with E-state index in [2.05, 4.69) is 25.1 Å². The molecular formula is C13H11N3O5. The summed E-state index contributed by atoms with van der Waals surface area (Å²) in [6.07, 6.45) is 0. The summed E-state index contributed by atoms with van der Waals surface area (Å²) < 4.78 is 0. The molecule has 108 valence electrons. The third kappa shape index (κ3) is 3.72. The van der Waals surface area contributed by atoms with Crippen molar-refractivity contribution in [3.05, 3.63) is 35.9 Å². The van der Waals surface area contributed by atoms with Gasteiger partial charge in [0, 0.05) is 19.4 Å². The van der Waals surface area contributed by atoms with Crippen LogP contribution >= 0.6 is 0 Å². The Morgan fingerprint density at radius 2 is 1.67 bits per heavy atom. The Morgan fingerprint density at radius 1 is 1.05 bits per heavy atom. The number of hydrogen-bond donors (Lipinski definition) is 0. The molecular weight excluding hydrogens is 278 g/mol. The molecule has 0 aromatic heterocycles. The average molecular weight is 289 g/mol. The van der Waals surface area contributed by atoms with E-state index in [0.717, 1.165) is 0 Å². The topological polar surface area (TPSA) is 98.9 Å². The fourth-order valence-corrected chi connectivity index (χ4v) is 1.42. The van der Waals surface area contributed by atoms with Gasteiger partial charge in [0.05, 0.1) is 0 Å². The zero-order valence-electron chi connectivity index (χ0n) is 11.3.